The zero-order valence-electron chi connectivity index (χ0n) is 20.5. The second-order valence-electron chi connectivity index (χ2n) is 11.8. The smallest absolute Gasteiger partial charge is 0.328 e. The van der Waals surface area contributed by atoms with Crippen LogP contribution in [-0.4, -0.2) is 23.5 Å². The molecule has 1 aromatic carbocycles. The molecule has 1 aliphatic heterocycles. The maximum absolute atomic E-state index is 13.7. The molecular formula is C27H31FO5. The van der Waals surface area contributed by atoms with Crippen LogP contribution in [0.4, 0.5) is 4.39 Å². The minimum Gasteiger partial charge on any atom is -0.422 e. The Hall–Kier alpha value is -2.76. The van der Waals surface area contributed by atoms with E-state index < -0.39 is 51.1 Å². The number of halogens is 1. The summed E-state index contributed by atoms with van der Waals surface area (Å²) in [5.74, 6) is -3.99. The lowest BCUT2D eigenvalue weighted by Gasteiger charge is -2.37. The van der Waals surface area contributed by atoms with Gasteiger partial charge in [0.15, 0.2) is 11.2 Å². The van der Waals surface area contributed by atoms with Gasteiger partial charge in [0.25, 0.3) is 5.79 Å². The number of allylic oxidation sites excluding steroid dienone is 4. The molecule has 0 amide bonds. The van der Waals surface area contributed by atoms with Crippen LogP contribution in [0.15, 0.2) is 47.6 Å². The van der Waals surface area contributed by atoms with Gasteiger partial charge in [-0.25, -0.2) is 4.39 Å². The third-order valence-corrected chi connectivity index (χ3v) is 6.91. The third-order valence-electron chi connectivity index (χ3n) is 6.91. The standard InChI is InChI=1S/C27H31FO5/c1-23(2,3)17-13-26(14-18(19(17)29)24(4,5)6)20(15-9-11-16(28)12-10-15)27(26)21(30)32-25(7,8)33-22(27)31/h9-14,20H,1-8H3. The summed E-state index contributed by atoms with van der Waals surface area (Å²) in [4.78, 5) is 40.7. The quantitative estimate of drug-likeness (QED) is 0.428. The number of cyclic esters (lactones) is 2. The monoisotopic (exact) mass is 454 g/mol. The topological polar surface area (TPSA) is 69.7 Å². The van der Waals surface area contributed by atoms with Gasteiger partial charge in [-0.05, 0) is 28.5 Å². The van der Waals surface area contributed by atoms with Crippen molar-refractivity contribution in [1.82, 2.24) is 0 Å². The van der Waals surface area contributed by atoms with Gasteiger partial charge in [0.2, 0.25) is 0 Å². The molecule has 3 aliphatic rings. The Morgan fingerprint density at radius 2 is 1.21 bits per heavy atom. The zero-order chi connectivity index (χ0) is 24.8. The number of ketones is 1. The minimum absolute atomic E-state index is 0.0987. The van der Waals surface area contributed by atoms with Crippen LogP contribution in [0.25, 0.3) is 0 Å². The molecule has 0 aromatic heterocycles. The summed E-state index contributed by atoms with van der Waals surface area (Å²) in [7, 11) is 0. The molecule has 5 nitrogen and oxygen atoms in total. The summed E-state index contributed by atoms with van der Waals surface area (Å²) >= 11 is 0. The molecule has 2 spiro atoms. The highest BCUT2D eigenvalue weighted by atomic mass is 19.1. The molecule has 1 saturated carbocycles. The number of hydrogen-bond acceptors (Lipinski definition) is 5. The number of carbonyl (C=O) groups is 3. The van der Waals surface area contributed by atoms with Crippen molar-refractivity contribution in [3.63, 3.8) is 0 Å². The van der Waals surface area contributed by atoms with E-state index in [0.29, 0.717) is 16.7 Å². The van der Waals surface area contributed by atoms with Crippen LogP contribution in [0, 0.1) is 27.5 Å². The van der Waals surface area contributed by atoms with Gasteiger partial charge in [-0.2, -0.15) is 0 Å². The highest BCUT2D eigenvalue weighted by Gasteiger charge is 2.87. The molecule has 1 saturated heterocycles. The highest BCUT2D eigenvalue weighted by Crippen LogP contribution is 2.79. The molecule has 1 atom stereocenters. The Bertz CT molecular complexity index is 1070. The van der Waals surface area contributed by atoms with Crippen LogP contribution in [-0.2, 0) is 23.9 Å². The van der Waals surface area contributed by atoms with Crippen molar-refractivity contribution in [2.75, 3.05) is 0 Å². The van der Waals surface area contributed by atoms with Crippen molar-refractivity contribution >= 4 is 17.7 Å². The van der Waals surface area contributed by atoms with E-state index in [4.69, 9.17) is 9.47 Å². The normalized spacial score (nSPS) is 25.4. The first-order chi connectivity index (χ1) is 15.0. The third kappa shape index (κ3) is 3.21. The molecular weight excluding hydrogens is 423 g/mol. The fourth-order valence-corrected chi connectivity index (χ4v) is 5.31. The van der Waals surface area contributed by atoms with Crippen molar-refractivity contribution in [3.05, 3.63) is 58.9 Å². The number of fused-ring (bicyclic) bond motifs is 1. The summed E-state index contributed by atoms with van der Waals surface area (Å²) in [6.45, 7) is 14.6. The molecule has 6 heteroatoms. The van der Waals surface area contributed by atoms with Crippen LogP contribution >= 0.6 is 0 Å². The van der Waals surface area contributed by atoms with Crippen molar-refractivity contribution < 1.29 is 28.2 Å². The van der Waals surface area contributed by atoms with Gasteiger partial charge in [-0.1, -0.05) is 65.8 Å². The number of esters is 2. The molecule has 0 bridgehead atoms. The average Bonchev–Trinajstić information content (AvgIpc) is 3.23. The Balaban J connectivity index is 2.04. The van der Waals surface area contributed by atoms with Gasteiger partial charge in [0.05, 0.1) is 0 Å². The molecule has 1 heterocycles. The average molecular weight is 455 g/mol. The molecule has 0 N–H and O–H groups in total. The Morgan fingerprint density at radius 3 is 1.61 bits per heavy atom. The zero-order valence-corrected chi connectivity index (χ0v) is 20.5. The maximum atomic E-state index is 13.7. The van der Waals surface area contributed by atoms with Crippen LogP contribution in [0.5, 0.6) is 0 Å². The Morgan fingerprint density at radius 1 is 0.788 bits per heavy atom. The van der Waals surface area contributed by atoms with E-state index in [-0.39, 0.29) is 5.78 Å². The molecule has 2 fully saturated rings. The number of rotatable bonds is 1. The lowest BCUT2D eigenvalue weighted by Crippen LogP contribution is -2.50. The Labute approximate surface area is 194 Å². The van der Waals surface area contributed by atoms with E-state index >= 15 is 0 Å². The van der Waals surface area contributed by atoms with Gasteiger partial charge in [-0.3, -0.25) is 14.4 Å². The fraction of sp³-hybridized carbons (Fsp3) is 0.519. The van der Waals surface area contributed by atoms with Gasteiger partial charge < -0.3 is 9.47 Å². The largest absolute Gasteiger partial charge is 0.422 e. The van der Waals surface area contributed by atoms with E-state index in [0.717, 1.165) is 0 Å². The molecule has 33 heavy (non-hydrogen) atoms. The molecule has 1 aromatic rings. The lowest BCUT2D eigenvalue weighted by molar-refractivity contribution is -0.244. The van der Waals surface area contributed by atoms with Gasteiger partial charge in [0, 0.05) is 36.3 Å². The van der Waals surface area contributed by atoms with Crippen LogP contribution < -0.4 is 0 Å². The van der Waals surface area contributed by atoms with E-state index in [2.05, 4.69) is 0 Å². The minimum atomic E-state index is -1.69. The molecule has 4 rings (SSSR count). The number of Topliss-reactive ketones (excluding diaryl/α,β-unsaturated/α-hetero) is 1. The van der Waals surface area contributed by atoms with Crippen molar-refractivity contribution in [3.8, 4) is 0 Å². The van der Waals surface area contributed by atoms with E-state index in [1.807, 2.05) is 41.5 Å². The van der Waals surface area contributed by atoms with Crippen LogP contribution in [0.2, 0.25) is 0 Å². The van der Waals surface area contributed by atoms with Gasteiger partial charge in [0.1, 0.15) is 5.82 Å². The number of hydrogen-bond donors (Lipinski definition) is 0. The van der Waals surface area contributed by atoms with E-state index in [9.17, 15) is 18.8 Å². The number of carbonyl (C=O) groups excluding carboxylic acids is 3. The fourth-order valence-electron chi connectivity index (χ4n) is 5.31. The molecule has 0 radical (unpaired) electrons. The number of benzene rings is 1. The first kappa shape index (κ1) is 23.4. The van der Waals surface area contributed by atoms with E-state index in [1.54, 1.807) is 24.3 Å². The first-order valence-corrected chi connectivity index (χ1v) is 11.2. The summed E-state index contributed by atoms with van der Waals surface area (Å²) in [5.41, 5.74) is -2.24. The highest BCUT2D eigenvalue weighted by molar-refractivity contribution is 6.15. The summed E-state index contributed by atoms with van der Waals surface area (Å²) in [6, 6.07) is 5.75. The lowest BCUT2D eigenvalue weighted by atomic mass is 9.68. The van der Waals surface area contributed by atoms with Gasteiger partial charge >= 0.3 is 11.9 Å². The van der Waals surface area contributed by atoms with Crippen molar-refractivity contribution in [2.45, 2.75) is 67.1 Å². The second kappa shape index (κ2) is 6.64. The summed E-state index contributed by atoms with van der Waals surface area (Å²) in [6.07, 6.45) is 3.53. The van der Waals surface area contributed by atoms with Crippen LogP contribution in [0.3, 0.4) is 0 Å². The molecule has 176 valence electrons. The van der Waals surface area contributed by atoms with Gasteiger partial charge in [-0.15, -0.1) is 0 Å². The first-order valence-electron chi connectivity index (χ1n) is 11.2. The van der Waals surface area contributed by atoms with Crippen molar-refractivity contribution in [1.29, 1.82) is 0 Å². The second-order valence-corrected chi connectivity index (χ2v) is 11.8. The Kier molecular flexibility index (Phi) is 4.71. The van der Waals surface area contributed by atoms with Crippen LogP contribution in [0.1, 0.15) is 66.9 Å². The summed E-state index contributed by atoms with van der Waals surface area (Å²) < 4.78 is 24.9. The maximum Gasteiger partial charge on any atom is 0.328 e. The van der Waals surface area contributed by atoms with E-state index in [1.165, 1.54) is 26.0 Å². The SMILES string of the molecule is CC1(C)OC(=O)C2(C(=O)O1)C(c1ccc(F)cc1)C21C=C(C(C)(C)C)C(=O)C(C(C)(C)C)=C1. The molecule has 1 unspecified atom stereocenters. The predicted octanol–water partition coefficient (Wildman–Crippen LogP) is 5.26. The van der Waals surface area contributed by atoms with Crippen molar-refractivity contribution in [2.24, 2.45) is 21.7 Å². The number of ether oxygens (including phenoxy) is 2. The summed E-state index contributed by atoms with van der Waals surface area (Å²) in [5, 5.41) is 0. The molecule has 2 aliphatic carbocycles. The predicted molar refractivity (Wildman–Crippen MR) is 120 cm³/mol.